The molecule has 1 saturated heterocycles. The lowest BCUT2D eigenvalue weighted by molar-refractivity contribution is -0.00900. The Hall–Kier alpha value is -1.66. The molecule has 6 heteroatoms. The van der Waals surface area contributed by atoms with Gasteiger partial charge in [0, 0.05) is 26.3 Å². The van der Waals surface area contributed by atoms with Gasteiger partial charge in [0.25, 0.3) is 0 Å². The zero-order valence-electron chi connectivity index (χ0n) is 10.4. The molecule has 6 nitrogen and oxygen atoms in total. The highest BCUT2D eigenvalue weighted by molar-refractivity contribution is 5.91. The summed E-state index contributed by atoms with van der Waals surface area (Å²) in [5.41, 5.74) is 5.46. The topological polar surface area (TPSA) is 81.8 Å². The third kappa shape index (κ3) is 3.18. The Kier molecular flexibility index (Phi) is 4.11. The number of nitrogens with two attached hydrogens (primary N) is 1. The third-order valence-electron chi connectivity index (χ3n) is 2.96. The highest BCUT2D eigenvalue weighted by atomic mass is 16.5. The van der Waals surface area contributed by atoms with Crippen molar-refractivity contribution < 1.29 is 9.47 Å². The first kappa shape index (κ1) is 12.8. The molecule has 1 aromatic rings. The summed E-state index contributed by atoms with van der Waals surface area (Å²) in [5, 5.41) is 2.93. The minimum absolute atomic E-state index is 0.331. The van der Waals surface area contributed by atoms with Crippen LogP contribution < -0.4 is 11.1 Å². The summed E-state index contributed by atoms with van der Waals surface area (Å²) >= 11 is 0. The van der Waals surface area contributed by atoms with Gasteiger partial charge in [-0.2, -0.15) is 0 Å². The molecule has 0 radical (unpaired) electrons. The van der Waals surface area contributed by atoms with Crippen LogP contribution in [0.3, 0.4) is 0 Å². The maximum atomic E-state index is 5.80. The van der Waals surface area contributed by atoms with E-state index in [-0.39, 0.29) is 5.60 Å². The lowest BCUT2D eigenvalue weighted by Gasteiger charge is -2.23. The lowest BCUT2D eigenvalue weighted by atomic mass is 10.0. The monoisotopic (exact) mass is 250 g/mol. The van der Waals surface area contributed by atoms with E-state index in [0.29, 0.717) is 31.5 Å². The van der Waals surface area contributed by atoms with Gasteiger partial charge in [-0.3, -0.25) is 4.99 Å². The Bertz CT molecular complexity index is 402. The van der Waals surface area contributed by atoms with E-state index in [1.54, 1.807) is 13.3 Å². The van der Waals surface area contributed by atoms with Crippen molar-refractivity contribution in [1.82, 2.24) is 4.98 Å². The predicted octanol–water partition coefficient (Wildman–Crippen LogP) is 0.614. The number of guanidine groups is 1. The van der Waals surface area contributed by atoms with Gasteiger partial charge in [0.15, 0.2) is 5.96 Å². The molecule has 2 heterocycles. The summed E-state index contributed by atoms with van der Waals surface area (Å²) in [7, 11) is 1.67. The SMILES string of the molecule is COC1(CN=C(N)Nc2ccccn2)CCOC1. The van der Waals surface area contributed by atoms with Crippen molar-refractivity contribution in [2.75, 3.05) is 32.2 Å². The van der Waals surface area contributed by atoms with Gasteiger partial charge < -0.3 is 20.5 Å². The number of anilines is 1. The maximum absolute atomic E-state index is 5.80. The van der Waals surface area contributed by atoms with E-state index in [9.17, 15) is 0 Å². The minimum Gasteiger partial charge on any atom is -0.378 e. The predicted molar refractivity (Wildman–Crippen MR) is 69.5 cm³/mol. The largest absolute Gasteiger partial charge is 0.378 e. The number of aliphatic imine (C=N–C) groups is 1. The van der Waals surface area contributed by atoms with Gasteiger partial charge in [-0.1, -0.05) is 6.07 Å². The zero-order chi connectivity index (χ0) is 12.8. The Morgan fingerprint density at radius 1 is 1.67 bits per heavy atom. The highest BCUT2D eigenvalue weighted by Crippen LogP contribution is 2.22. The Morgan fingerprint density at radius 3 is 3.17 bits per heavy atom. The van der Waals surface area contributed by atoms with Crippen molar-refractivity contribution in [2.45, 2.75) is 12.0 Å². The van der Waals surface area contributed by atoms with E-state index >= 15 is 0 Å². The fourth-order valence-corrected chi connectivity index (χ4v) is 1.78. The summed E-state index contributed by atoms with van der Waals surface area (Å²) in [6.07, 6.45) is 2.53. The second-order valence-corrected chi connectivity index (χ2v) is 4.23. The molecule has 98 valence electrons. The third-order valence-corrected chi connectivity index (χ3v) is 2.96. The maximum Gasteiger partial charge on any atom is 0.194 e. The fourth-order valence-electron chi connectivity index (χ4n) is 1.78. The van der Waals surface area contributed by atoms with Crippen LogP contribution in [0, 0.1) is 0 Å². The van der Waals surface area contributed by atoms with Crippen LogP contribution in [0.25, 0.3) is 0 Å². The van der Waals surface area contributed by atoms with E-state index in [0.717, 1.165) is 6.42 Å². The summed E-state index contributed by atoms with van der Waals surface area (Å²) < 4.78 is 10.8. The van der Waals surface area contributed by atoms with E-state index in [1.807, 2.05) is 18.2 Å². The molecule has 18 heavy (non-hydrogen) atoms. The number of pyridine rings is 1. The Morgan fingerprint density at radius 2 is 2.56 bits per heavy atom. The van der Waals surface area contributed by atoms with Gasteiger partial charge in [-0.15, -0.1) is 0 Å². The first-order valence-corrected chi connectivity index (χ1v) is 5.85. The van der Waals surface area contributed by atoms with E-state index < -0.39 is 0 Å². The van der Waals surface area contributed by atoms with Crippen LogP contribution in [0.1, 0.15) is 6.42 Å². The summed E-state index contributed by atoms with van der Waals surface area (Å²) in [5.74, 6) is 1.00. The quantitative estimate of drug-likeness (QED) is 0.604. The van der Waals surface area contributed by atoms with Crippen molar-refractivity contribution in [2.24, 2.45) is 10.7 Å². The molecule has 1 aliphatic rings. The number of hydrogen-bond acceptors (Lipinski definition) is 4. The Balaban J connectivity index is 1.92. The number of rotatable bonds is 4. The standard InChI is InChI=1S/C12H18N4O2/c1-17-12(5-7-18-9-12)8-15-11(13)16-10-4-2-3-6-14-10/h2-4,6H,5,7-9H2,1H3,(H3,13,14,15,16). The molecule has 0 aliphatic carbocycles. The normalized spacial score (nSPS) is 24.2. The minimum atomic E-state index is -0.337. The molecular weight excluding hydrogens is 232 g/mol. The van der Waals surface area contributed by atoms with Crippen LogP contribution in [0.15, 0.2) is 29.4 Å². The molecular formula is C12H18N4O2. The molecule has 2 rings (SSSR count). The average molecular weight is 250 g/mol. The second kappa shape index (κ2) is 5.79. The smallest absolute Gasteiger partial charge is 0.194 e. The molecule has 1 aliphatic heterocycles. The van der Waals surface area contributed by atoms with Crippen molar-refractivity contribution in [3.05, 3.63) is 24.4 Å². The molecule has 0 bridgehead atoms. The lowest BCUT2D eigenvalue weighted by Crippen LogP contribution is -2.37. The van der Waals surface area contributed by atoms with E-state index in [2.05, 4.69) is 15.3 Å². The van der Waals surface area contributed by atoms with Crippen molar-refractivity contribution in [3.63, 3.8) is 0 Å². The summed E-state index contributed by atoms with van der Waals surface area (Å²) in [4.78, 5) is 8.39. The van der Waals surface area contributed by atoms with Crippen LogP contribution in [0.2, 0.25) is 0 Å². The highest BCUT2D eigenvalue weighted by Gasteiger charge is 2.34. The van der Waals surface area contributed by atoms with Gasteiger partial charge in [-0.05, 0) is 12.1 Å². The number of aromatic nitrogens is 1. The van der Waals surface area contributed by atoms with Crippen molar-refractivity contribution >= 4 is 11.8 Å². The molecule has 1 unspecified atom stereocenters. The molecule has 0 amide bonds. The molecule has 0 aromatic carbocycles. The van der Waals surface area contributed by atoms with E-state index in [1.165, 1.54) is 0 Å². The molecule has 1 fully saturated rings. The number of nitrogens with one attached hydrogen (secondary N) is 1. The summed E-state index contributed by atoms with van der Waals surface area (Å²) in [6, 6.07) is 5.55. The van der Waals surface area contributed by atoms with Gasteiger partial charge in [0.05, 0.1) is 13.2 Å². The number of nitrogens with zero attached hydrogens (tertiary/aromatic N) is 2. The summed E-state index contributed by atoms with van der Waals surface area (Å²) in [6.45, 7) is 1.75. The second-order valence-electron chi connectivity index (χ2n) is 4.23. The molecule has 0 saturated carbocycles. The van der Waals surface area contributed by atoms with Crippen LogP contribution in [0.5, 0.6) is 0 Å². The van der Waals surface area contributed by atoms with Gasteiger partial charge >= 0.3 is 0 Å². The number of hydrogen-bond donors (Lipinski definition) is 2. The van der Waals surface area contributed by atoms with Crippen LogP contribution in [-0.2, 0) is 9.47 Å². The van der Waals surface area contributed by atoms with Crippen LogP contribution in [-0.4, -0.2) is 43.4 Å². The average Bonchev–Trinajstić information content (AvgIpc) is 2.87. The molecule has 1 atom stereocenters. The molecule has 3 N–H and O–H groups in total. The van der Waals surface area contributed by atoms with E-state index in [4.69, 9.17) is 15.2 Å². The first-order chi connectivity index (χ1) is 8.74. The fraction of sp³-hybridized carbons (Fsp3) is 0.500. The van der Waals surface area contributed by atoms with Crippen molar-refractivity contribution in [1.29, 1.82) is 0 Å². The van der Waals surface area contributed by atoms with Gasteiger partial charge in [0.2, 0.25) is 0 Å². The van der Waals surface area contributed by atoms with Gasteiger partial charge in [0.1, 0.15) is 11.4 Å². The van der Waals surface area contributed by atoms with Crippen LogP contribution in [0.4, 0.5) is 5.82 Å². The number of ether oxygens (including phenoxy) is 2. The van der Waals surface area contributed by atoms with Crippen LogP contribution >= 0.6 is 0 Å². The zero-order valence-corrected chi connectivity index (χ0v) is 10.4. The number of methoxy groups -OCH3 is 1. The molecule has 0 spiro atoms. The van der Waals surface area contributed by atoms with Crippen molar-refractivity contribution in [3.8, 4) is 0 Å². The first-order valence-electron chi connectivity index (χ1n) is 5.85. The molecule has 1 aromatic heterocycles. The Labute approximate surface area is 106 Å². The van der Waals surface area contributed by atoms with Gasteiger partial charge in [-0.25, -0.2) is 4.98 Å².